The molecule has 3 heterocycles. The third kappa shape index (κ3) is 3.51. The summed E-state index contributed by atoms with van der Waals surface area (Å²) in [5.41, 5.74) is 3.85. The largest absolute Gasteiger partial charge is 0.383 e. The van der Waals surface area contributed by atoms with Gasteiger partial charge in [-0.2, -0.15) is 5.10 Å². The number of likely N-dealkylation sites (tertiary alicyclic amines) is 1. The highest BCUT2D eigenvalue weighted by Crippen LogP contribution is 2.27. The normalized spacial score (nSPS) is 17.2. The number of carbonyl (C=O) groups is 1. The molecule has 1 amide bonds. The van der Waals surface area contributed by atoms with E-state index < -0.39 is 0 Å². The van der Waals surface area contributed by atoms with Crippen LogP contribution in [0.25, 0.3) is 22.9 Å². The summed E-state index contributed by atoms with van der Waals surface area (Å²) in [6.07, 6.45) is 7.52. The van der Waals surface area contributed by atoms with Gasteiger partial charge in [0, 0.05) is 37.1 Å². The summed E-state index contributed by atoms with van der Waals surface area (Å²) in [4.78, 5) is 14.7. The Kier molecular flexibility index (Phi) is 5.03. The predicted molar refractivity (Wildman–Crippen MR) is 106 cm³/mol. The topological polar surface area (TPSA) is 46.8 Å². The molecule has 1 aromatic carbocycles. The molecule has 4 rings (SSSR count). The Balaban J connectivity index is 1.69. The van der Waals surface area contributed by atoms with Crippen molar-refractivity contribution in [2.45, 2.75) is 18.9 Å². The van der Waals surface area contributed by atoms with Crippen LogP contribution in [0.15, 0.2) is 60.8 Å². The van der Waals surface area contributed by atoms with Crippen molar-refractivity contribution >= 4 is 17.5 Å². The molecule has 0 saturated carbocycles. The molecule has 138 valence electrons. The van der Waals surface area contributed by atoms with E-state index in [1.807, 2.05) is 70.2 Å². The number of ether oxygens (including phenoxy) is 1. The summed E-state index contributed by atoms with van der Waals surface area (Å²) < 4.78 is 7.12. The Morgan fingerprint density at radius 3 is 2.85 bits per heavy atom. The van der Waals surface area contributed by atoms with Crippen molar-refractivity contribution in [3.63, 3.8) is 0 Å². The standard InChI is InChI=1S/C22H23N3O2/c1-27-16-18-10-7-14-24(18)21(26)13-12-19-20-11-5-6-15-25(20)23-22(19)17-8-3-2-4-9-17/h2-6,8-9,11-13,15,18H,7,10,14,16H2,1H3/t18-/m0/s1. The maximum atomic E-state index is 12.8. The number of rotatable bonds is 5. The van der Waals surface area contributed by atoms with Crippen LogP contribution < -0.4 is 0 Å². The molecule has 0 aliphatic carbocycles. The van der Waals surface area contributed by atoms with Crippen LogP contribution in [-0.4, -0.2) is 46.7 Å². The first kappa shape index (κ1) is 17.5. The molecule has 1 fully saturated rings. The maximum Gasteiger partial charge on any atom is 0.246 e. The summed E-state index contributed by atoms with van der Waals surface area (Å²) in [7, 11) is 1.68. The second kappa shape index (κ2) is 7.76. The zero-order valence-corrected chi connectivity index (χ0v) is 15.4. The molecule has 27 heavy (non-hydrogen) atoms. The number of methoxy groups -OCH3 is 1. The summed E-state index contributed by atoms with van der Waals surface area (Å²) >= 11 is 0. The summed E-state index contributed by atoms with van der Waals surface area (Å²) in [6.45, 7) is 1.38. The van der Waals surface area contributed by atoms with E-state index in [-0.39, 0.29) is 11.9 Å². The minimum absolute atomic E-state index is 0.0313. The van der Waals surface area contributed by atoms with Crippen LogP contribution in [0.3, 0.4) is 0 Å². The van der Waals surface area contributed by atoms with Crippen LogP contribution in [0.1, 0.15) is 18.4 Å². The summed E-state index contributed by atoms with van der Waals surface area (Å²) in [5.74, 6) is 0.0313. The van der Waals surface area contributed by atoms with Gasteiger partial charge in [0.1, 0.15) is 5.69 Å². The molecule has 0 spiro atoms. The van der Waals surface area contributed by atoms with Gasteiger partial charge >= 0.3 is 0 Å². The van der Waals surface area contributed by atoms with Crippen LogP contribution in [0.5, 0.6) is 0 Å². The van der Waals surface area contributed by atoms with E-state index in [0.29, 0.717) is 6.61 Å². The fourth-order valence-electron chi connectivity index (χ4n) is 3.73. The molecule has 1 atom stereocenters. The monoisotopic (exact) mass is 361 g/mol. The van der Waals surface area contributed by atoms with Gasteiger partial charge in [-0.1, -0.05) is 36.4 Å². The lowest BCUT2D eigenvalue weighted by molar-refractivity contribution is -0.127. The second-order valence-electron chi connectivity index (χ2n) is 6.78. The lowest BCUT2D eigenvalue weighted by Gasteiger charge is -2.22. The van der Waals surface area contributed by atoms with Gasteiger partial charge in [0.2, 0.25) is 5.91 Å². The van der Waals surface area contributed by atoms with E-state index in [0.717, 1.165) is 41.7 Å². The molecule has 1 aliphatic rings. The van der Waals surface area contributed by atoms with E-state index >= 15 is 0 Å². The zero-order chi connectivity index (χ0) is 18.6. The lowest BCUT2D eigenvalue weighted by atomic mass is 10.1. The summed E-state index contributed by atoms with van der Waals surface area (Å²) in [5, 5.41) is 4.72. The number of fused-ring (bicyclic) bond motifs is 1. The number of benzene rings is 1. The van der Waals surface area contributed by atoms with Gasteiger partial charge in [0.05, 0.1) is 18.2 Å². The van der Waals surface area contributed by atoms with Crippen LogP contribution in [0.2, 0.25) is 0 Å². The number of nitrogens with zero attached hydrogens (tertiary/aromatic N) is 3. The van der Waals surface area contributed by atoms with Gasteiger partial charge in [-0.15, -0.1) is 0 Å². The molecular weight excluding hydrogens is 338 g/mol. The predicted octanol–water partition coefficient (Wildman–Crippen LogP) is 3.65. The van der Waals surface area contributed by atoms with E-state index in [1.54, 1.807) is 13.2 Å². The highest BCUT2D eigenvalue weighted by molar-refractivity contribution is 5.95. The molecular formula is C22H23N3O2. The van der Waals surface area contributed by atoms with Gasteiger partial charge in [0.15, 0.2) is 0 Å². The van der Waals surface area contributed by atoms with Crippen molar-refractivity contribution in [3.05, 3.63) is 66.4 Å². The summed E-state index contributed by atoms with van der Waals surface area (Å²) in [6, 6.07) is 16.2. The molecule has 0 unspecified atom stereocenters. The third-order valence-electron chi connectivity index (χ3n) is 5.04. The number of amides is 1. The average Bonchev–Trinajstić information content (AvgIpc) is 3.32. The van der Waals surface area contributed by atoms with Crippen molar-refractivity contribution in [3.8, 4) is 11.3 Å². The van der Waals surface area contributed by atoms with Crippen LogP contribution in [-0.2, 0) is 9.53 Å². The first-order valence-electron chi connectivity index (χ1n) is 9.28. The van der Waals surface area contributed by atoms with E-state index in [1.165, 1.54) is 0 Å². The van der Waals surface area contributed by atoms with Gasteiger partial charge in [0.25, 0.3) is 0 Å². The van der Waals surface area contributed by atoms with Gasteiger partial charge in [-0.25, -0.2) is 4.52 Å². The third-order valence-corrected chi connectivity index (χ3v) is 5.04. The fraction of sp³-hybridized carbons (Fsp3) is 0.273. The van der Waals surface area contributed by atoms with Gasteiger partial charge < -0.3 is 9.64 Å². The van der Waals surface area contributed by atoms with Crippen molar-refractivity contribution < 1.29 is 9.53 Å². The molecule has 3 aromatic rings. The van der Waals surface area contributed by atoms with Gasteiger partial charge in [-0.05, 0) is 31.1 Å². The fourth-order valence-corrected chi connectivity index (χ4v) is 3.73. The first-order valence-corrected chi connectivity index (χ1v) is 9.28. The van der Waals surface area contributed by atoms with Crippen LogP contribution >= 0.6 is 0 Å². The molecule has 5 heteroatoms. The number of aromatic nitrogens is 2. The Bertz CT molecular complexity index is 962. The Morgan fingerprint density at radius 1 is 1.22 bits per heavy atom. The second-order valence-corrected chi connectivity index (χ2v) is 6.78. The van der Waals surface area contributed by atoms with Crippen molar-refractivity contribution in [1.82, 2.24) is 14.5 Å². The maximum absolute atomic E-state index is 12.8. The number of carbonyl (C=O) groups excluding carboxylic acids is 1. The van der Waals surface area contributed by atoms with E-state index in [4.69, 9.17) is 9.84 Å². The Labute approximate surface area is 158 Å². The molecule has 0 bridgehead atoms. The highest BCUT2D eigenvalue weighted by atomic mass is 16.5. The molecule has 5 nitrogen and oxygen atoms in total. The van der Waals surface area contributed by atoms with Crippen molar-refractivity contribution in [2.24, 2.45) is 0 Å². The van der Waals surface area contributed by atoms with Crippen molar-refractivity contribution in [2.75, 3.05) is 20.3 Å². The lowest BCUT2D eigenvalue weighted by Crippen LogP contribution is -2.36. The number of pyridine rings is 1. The molecule has 1 aliphatic heterocycles. The van der Waals surface area contributed by atoms with Crippen molar-refractivity contribution in [1.29, 1.82) is 0 Å². The molecule has 1 saturated heterocycles. The SMILES string of the molecule is COC[C@@H]1CCCN1C(=O)C=Cc1c(-c2ccccc2)nn2ccccc12. The Hall–Kier alpha value is -2.92. The molecule has 2 aromatic heterocycles. The smallest absolute Gasteiger partial charge is 0.246 e. The molecule has 0 radical (unpaired) electrons. The minimum Gasteiger partial charge on any atom is -0.383 e. The number of hydrogen-bond donors (Lipinski definition) is 0. The highest BCUT2D eigenvalue weighted by Gasteiger charge is 2.27. The van der Waals surface area contributed by atoms with Gasteiger partial charge in [-0.3, -0.25) is 4.79 Å². The Morgan fingerprint density at radius 2 is 2.04 bits per heavy atom. The van der Waals surface area contributed by atoms with E-state index in [2.05, 4.69) is 0 Å². The average molecular weight is 361 g/mol. The quantitative estimate of drug-likeness (QED) is 0.652. The van der Waals surface area contributed by atoms with Crippen LogP contribution in [0.4, 0.5) is 0 Å². The first-order chi connectivity index (χ1) is 13.3. The minimum atomic E-state index is 0.0313. The number of hydrogen-bond acceptors (Lipinski definition) is 3. The van der Waals surface area contributed by atoms with Crippen LogP contribution in [0, 0.1) is 0 Å². The zero-order valence-electron chi connectivity index (χ0n) is 15.4. The molecule has 0 N–H and O–H groups in total. The van der Waals surface area contributed by atoms with E-state index in [9.17, 15) is 4.79 Å².